The van der Waals surface area contributed by atoms with Crippen LogP contribution in [0.5, 0.6) is 5.75 Å². The molecule has 2 aromatic carbocycles. The van der Waals surface area contributed by atoms with Gasteiger partial charge in [0.15, 0.2) is 6.10 Å². The highest BCUT2D eigenvalue weighted by Crippen LogP contribution is 2.37. The molecule has 1 aliphatic rings. The fourth-order valence-electron chi connectivity index (χ4n) is 4.24. The maximum absolute atomic E-state index is 12.4. The molecule has 0 heterocycles. The number of para-hydroxylation sites is 1. The van der Waals surface area contributed by atoms with Crippen molar-refractivity contribution in [3.63, 3.8) is 0 Å². The van der Waals surface area contributed by atoms with E-state index < -0.39 is 6.10 Å². The van der Waals surface area contributed by atoms with Crippen LogP contribution in [0.15, 0.2) is 54.6 Å². The van der Waals surface area contributed by atoms with Crippen LogP contribution in [0.2, 0.25) is 5.02 Å². The largest absolute Gasteiger partial charge is 0.481 e. The number of amides is 1. The van der Waals surface area contributed by atoms with E-state index in [1.54, 1.807) is 6.92 Å². The minimum Gasteiger partial charge on any atom is -0.481 e. The van der Waals surface area contributed by atoms with E-state index in [1.807, 2.05) is 54.6 Å². The highest BCUT2D eigenvalue weighted by atomic mass is 35.5. The molecule has 0 aromatic heterocycles. The molecule has 1 unspecified atom stereocenters. The van der Waals surface area contributed by atoms with Crippen LogP contribution in [0.4, 0.5) is 5.69 Å². The predicted molar refractivity (Wildman–Crippen MR) is 124 cm³/mol. The van der Waals surface area contributed by atoms with Crippen LogP contribution >= 0.6 is 11.6 Å². The molecule has 1 aliphatic carbocycles. The van der Waals surface area contributed by atoms with Gasteiger partial charge < -0.3 is 15.4 Å². The van der Waals surface area contributed by atoms with Gasteiger partial charge in [0.1, 0.15) is 5.75 Å². The lowest BCUT2D eigenvalue weighted by atomic mass is 9.73. The molecule has 1 amide bonds. The Kier molecular flexibility index (Phi) is 7.65. The molecular formula is C25H33ClN2O2. The Labute approximate surface area is 185 Å². The van der Waals surface area contributed by atoms with Crippen LogP contribution in [0.1, 0.15) is 46.5 Å². The first-order chi connectivity index (χ1) is 14.3. The number of halogens is 1. The van der Waals surface area contributed by atoms with E-state index in [0.717, 1.165) is 48.7 Å². The third-order valence-corrected chi connectivity index (χ3v) is 6.42. The molecule has 1 saturated carbocycles. The van der Waals surface area contributed by atoms with E-state index in [2.05, 4.69) is 24.5 Å². The van der Waals surface area contributed by atoms with Crippen molar-refractivity contribution >= 4 is 23.2 Å². The third-order valence-electron chi connectivity index (χ3n) is 6.17. The summed E-state index contributed by atoms with van der Waals surface area (Å²) in [4.78, 5) is 12.4. The first kappa shape index (κ1) is 22.5. The zero-order valence-corrected chi connectivity index (χ0v) is 18.9. The molecule has 1 atom stereocenters. The molecule has 162 valence electrons. The average molecular weight is 429 g/mol. The van der Waals surface area contributed by atoms with Gasteiger partial charge in [-0.15, -0.1) is 0 Å². The van der Waals surface area contributed by atoms with Crippen molar-refractivity contribution in [3.05, 3.63) is 59.6 Å². The summed E-state index contributed by atoms with van der Waals surface area (Å²) in [6.07, 6.45) is 4.08. The molecule has 30 heavy (non-hydrogen) atoms. The van der Waals surface area contributed by atoms with Crippen LogP contribution in [-0.4, -0.2) is 24.1 Å². The third kappa shape index (κ3) is 6.40. The second kappa shape index (κ2) is 10.2. The van der Waals surface area contributed by atoms with Crippen molar-refractivity contribution in [1.82, 2.24) is 5.32 Å². The highest BCUT2D eigenvalue weighted by molar-refractivity contribution is 6.30. The quantitative estimate of drug-likeness (QED) is 0.548. The average Bonchev–Trinajstić information content (AvgIpc) is 2.74. The second-order valence-electron chi connectivity index (χ2n) is 8.89. The van der Waals surface area contributed by atoms with Crippen LogP contribution in [-0.2, 0) is 4.79 Å². The van der Waals surface area contributed by atoms with Gasteiger partial charge in [-0.3, -0.25) is 4.79 Å². The molecule has 4 nitrogen and oxygen atoms in total. The SMILES string of the molecule is CC(Oc1ccccc1)C(=O)NCC1CCC(C(C)(C)Nc2ccc(Cl)cc2)CC1. The summed E-state index contributed by atoms with van der Waals surface area (Å²) < 4.78 is 5.71. The maximum atomic E-state index is 12.4. The van der Waals surface area contributed by atoms with Gasteiger partial charge >= 0.3 is 0 Å². The van der Waals surface area contributed by atoms with Gasteiger partial charge in [0, 0.05) is 22.8 Å². The summed E-state index contributed by atoms with van der Waals surface area (Å²) in [6, 6.07) is 17.4. The Balaban J connectivity index is 1.41. The molecule has 0 bridgehead atoms. The summed E-state index contributed by atoms with van der Waals surface area (Å²) in [5.41, 5.74) is 1.12. The predicted octanol–water partition coefficient (Wildman–Crippen LogP) is 5.92. The Morgan fingerprint density at radius 1 is 1.07 bits per heavy atom. The van der Waals surface area contributed by atoms with E-state index in [1.165, 1.54) is 0 Å². The number of ether oxygens (including phenoxy) is 1. The molecule has 3 rings (SSSR count). The van der Waals surface area contributed by atoms with Gasteiger partial charge in [0.2, 0.25) is 0 Å². The fraction of sp³-hybridized carbons (Fsp3) is 0.480. The summed E-state index contributed by atoms with van der Waals surface area (Å²) in [5, 5.41) is 7.51. The normalized spacial score (nSPS) is 20.3. The second-order valence-corrected chi connectivity index (χ2v) is 9.33. The van der Waals surface area contributed by atoms with Gasteiger partial charge in [-0.25, -0.2) is 0 Å². The van der Waals surface area contributed by atoms with E-state index in [9.17, 15) is 4.79 Å². The first-order valence-corrected chi connectivity index (χ1v) is 11.2. The van der Waals surface area contributed by atoms with Crippen molar-refractivity contribution < 1.29 is 9.53 Å². The van der Waals surface area contributed by atoms with Gasteiger partial charge in [0.25, 0.3) is 5.91 Å². The molecule has 0 spiro atoms. The lowest BCUT2D eigenvalue weighted by Gasteiger charge is -2.40. The molecule has 1 fully saturated rings. The lowest BCUT2D eigenvalue weighted by molar-refractivity contribution is -0.127. The van der Waals surface area contributed by atoms with Gasteiger partial charge in [-0.05, 0) is 94.7 Å². The Morgan fingerprint density at radius 2 is 1.70 bits per heavy atom. The fourth-order valence-corrected chi connectivity index (χ4v) is 4.37. The first-order valence-electron chi connectivity index (χ1n) is 10.9. The number of hydrogen-bond donors (Lipinski definition) is 2. The van der Waals surface area contributed by atoms with Crippen LogP contribution in [0.25, 0.3) is 0 Å². The minimum absolute atomic E-state index is 0.0140. The molecule has 2 aromatic rings. The lowest BCUT2D eigenvalue weighted by Crippen LogP contribution is -2.43. The number of rotatable bonds is 8. The minimum atomic E-state index is -0.494. The molecular weight excluding hydrogens is 396 g/mol. The van der Waals surface area contributed by atoms with Crippen LogP contribution in [0, 0.1) is 11.8 Å². The van der Waals surface area contributed by atoms with E-state index in [0.29, 0.717) is 11.8 Å². The van der Waals surface area contributed by atoms with Crippen LogP contribution in [0.3, 0.4) is 0 Å². The van der Waals surface area contributed by atoms with Gasteiger partial charge in [-0.1, -0.05) is 29.8 Å². The summed E-state index contributed by atoms with van der Waals surface area (Å²) in [6.45, 7) is 7.07. The van der Waals surface area contributed by atoms with Crippen molar-refractivity contribution in [3.8, 4) is 5.75 Å². The number of carbonyl (C=O) groups is 1. The number of nitrogens with one attached hydrogen (secondary N) is 2. The zero-order valence-electron chi connectivity index (χ0n) is 18.2. The number of anilines is 1. The summed E-state index contributed by atoms with van der Waals surface area (Å²) in [5.74, 6) is 1.79. The van der Waals surface area contributed by atoms with Gasteiger partial charge in [0.05, 0.1) is 0 Å². The van der Waals surface area contributed by atoms with Crippen molar-refractivity contribution in [1.29, 1.82) is 0 Å². The number of benzene rings is 2. The van der Waals surface area contributed by atoms with E-state index in [4.69, 9.17) is 16.3 Å². The zero-order chi connectivity index (χ0) is 21.6. The van der Waals surface area contributed by atoms with E-state index >= 15 is 0 Å². The number of carbonyl (C=O) groups excluding carboxylic acids is 1. The topological polar surface area (TPSA) is 50.4 Å². The Bertz CT molecular complexity index is 800. The monoisotopic (exact) mass is 428 g/mol. The molecule has 2 N–H and O–H groups in total. The van der Waals surface area contributed by atoms with Crippen molar-refractivity contribution in [2.75, 3.05) is 11.9 Å². The highest BCUT2D eigenvalue weighted by Gasteiger charge is 2.33. The van der Waals surface area contributed by atoms with Crippen molar-refractivity contribution in [2.24, 2.45) is 11.8 Å². The van der Waals surface area contributed by atoms with E-state index in [-0.39, 0.29) is 11.4 Å². The molecule has 0 radical (unpaired) electrons. The van der Waals surface area contributed by atoms with Gasteiger partial charge in [-0.2, -0.15) is 0 Å². The number of hydrogen-bond acceptors (Lipinski definition) is 3. The smallest absolute Gasteiger partial charge is 0.260 e. The molecule has 0 aliphatic heterocycles. The van der Waals surface area contributed by atoms with Crippen LogP contribution < -0.4 is 15.4 Å². The maximum Gasteiger partial charge on any atom is 0.260 e. The van der Waals surface area contributed by atoms with Crippen molar-refractivity contribution in [2.45, 2.75) is 58.1 Å². The Hall–Kier alpha value is -2.20. The molecule has 5 heteroatoms. The standard InChI is InChI=1S/C25H33ClN2O2/c1-18(30-23-7-5-4-6-8-23)24(29)27-17-19-9-11-20(12-10-19)25(2,3)28-22-15-13-21(26)14-16-22/h4-8,13-16,18-20,28H,9-12,17H2,1-3H3,(H,27,29). The summed E-state index contributed by atoms with van der Waals surface area (Å²) in [7, 11) is 0. The summed E-state index contributed by atoms with van der Waals surface area (Å²) >= 11 is 5.99. The Morgan fingerprint density at radius 3 is 2.33 bits per heavy atom. The molecule has 0 saturated heterocycles.